The topological polar surface area (TPSA) is 41.6 Å². The summed E-state index contributed by atoms with van der Waals surface area (Å²) in [6.07, 6.45) is 2.02. The molecule has 1 fully saturated rings. The van der Waals surface area contributed by atoms with Gasteiger partial charge in [0, 0.05) is 31.3 Å². The number of hydrogen-bond acceptors (Lipinski definition) is 3. The predicted octanol–water partition coefficient (Wildman–Crippen LogP) is 3.35. The third kappa shape index (κ3) is 5.30. The van der Waals surface area contributed by atoms with Crippen LogP contribution < -0.4 is 10.1 Å². The Balaban J connectivity index is 1.31. The van der Waals surface area contributed by atoms with E-state index in [0.717, 1.165) is 44.6 Å². The van der Waals surface area contributed by atoms with Crippen LogP contribution in [0.2, 0.25) is 0 Å². The van der Waals surface area contributed by atoms with E-state index in [0.29, 0.717) is 18.3 Å². The molecule has 2 aromatic rings. The summed E-state index contributed by atoms with van der Waals surface area (Å²) in [4.78, 5) is 14.4. The zero-order valence-corrected chi connectivity index (χ0v) is 14.9. The predicted molar refractivity (Wildman–Crippen MR) is 99.8 cm³/mol. The van der Waals surface area contributed by atoms with Crippen molar-refractivity contribution >= 4 is 5.91 Å². The SMILES string of the molecule is O=C(c1ccccc1)N1CCC(CNCCOc2cccc(F)c2)CC1. The first kappa shape index (κ1) is 18.4. The lowest BCUT2D eigenvalue weighted by Crippen LogP contribution is -2.41. The number of carbonyl (C=O) groups is 1. The summed E-state index contributed by atoms with van der Waals surface area (Å²) >= 11 is 0. The minimum absolute atomic E-state index is 0.125. The Morgan fingerprint density at radius 2 is 1.88 bits per heavy atom. The second-order valence-corrected chi connectivity index (χ2v) is 6.61. The zero-order valence-electron chi connectivity index (χ0n) is 14.9. The van der Waals surface area contributed by atoms with Gasteiger partial charge in [0.25, 0.3) is 5.91 Å². The molecular weight excluding hydrogens is 331 g/mol. The number of rotatable bonds is 7. The van der Waals surface area contributed by atoms with Crippen LogP contribution in [0.15, 0.2) is 54.6 Å². The number of piperidine rings is 1. The summed E-state index contributed by atoms with van der Waals surface area (Å²) in [7, 11) is 0. The molecule has 1 heterocycles. The molecule has 1 amide bonds. The number of nitrogens with zero attached hydrogens (tertiary/aromatic N) is 1. The Kier molecular flexibility index (Phi) is 6.61. The first-order chi connectivity index (χ1) is 12.7. The Bertz CT molecular complexity index is 700. The minimum atomic E-state index is -0.285. The molecule has 1 aliphatic rings. The van der Waals surface area contributed by atoms with Crippen molar-refractivity contribution in [2.24, 2.45) is 5.92 Å². The standard InChI is InChI=1S/C21H25FN2O2/c22-19-7-4-8-20(15-19)26-14-11-23-16-17-9-12-24(13-10-17)21(25)18-5-2-1-3-6-18/h1-8,15,17,23H,9-14,16H2. The first-order valence-electron chi connectivity index (χ1n) is 9.16. The summed E-state index contributed by atoms with van der Waals surface area (Å²) in [5, 5.41) is 3.39. The van der Waals surface area contributed by atoms with E-state index < -0.39 is 0 Å². The van der Waals surface area contributed by atoms with Crippen LogP contribution >= 0.6 is 0 Å². The second-order valence-electron chi connectivity index (χ2n) is 6.61. The van der Waals surface area contributed by atoms with Gasteiger partial charge in [-0.3, -0.25) is 4.79 Å². The largest absolute Gasteiger partial charge is 0.492 e. The summed E-state index contributed by atoms with van der Waals surface area (Å²) in [6.45, 7) is 3.76. The maximum absolute atomic E-state index is 13.1. The van der Waals surface area contributed by atoms with E-state index in [-0.39, 0.29) is 11.7 Å². The average molecular weight is 356 g/mol. The van der Waals surface area contributed by atoms with Gasteiger partial charge >= 0.3 is 0 Å². The maximum Gasteiger partial charge on any atom is 0.253 e. The molecule has 138 valence electrons. The van der Waals surface area contributed by atoms with Crippen LogP contribution in [-0.4, -0.2) is 43.6 Å². The molecule has 0 spiro atoms. The highest BCUT2D eigenvalue weighted by molar-refractivity contribution is 5.94. The van der Waals surface area contributed by atoms with Gasteiger partial charge in [-0.25, -0.2) is 4.39 Å². The normalized spacial score (nSPS) is 15.0. The molecule has 0 unspecified atom stereocenters. The molecule has 2 aromatic carbocycles. The van der Waals surface area contributed by atoms with Gasteiger partial charge in [0.2, 0.25) is 0 Å². The molecule has 1 N–H and O–H groups in total. The Labute approximate surface area is 154 Å². The van der Waals surface area contributed by atoms with Crippen molar-refractivity contribution in [1.82, 2.24) is 10.2 Å². The first-order valence-corrected chi connectivity index (χ1v) is 9.16. The molecule has 0 radical (unpaired) electrons. The van der Waals surface area contributed by atoms with E-state index in [1.165, 1.54) is 12.1 Å². The quantitative estimate of drug-likeness (QED) is 0.774. The molecule has 1 saturated heterocycles. The lowest BCUT2D eigenvalue weighted by Gasteiger charge is -2.32. The van der Waals surface area contributed by atoms with Crippen LogP contribution in [0.3, 0.4) is 0 Å². The molecule has 0 aliphatic carbocycles. The number of likely N-dealkylation sites (tertiary alicyclic amines) is 1. The molecular formula is C21H25FN2O2. The number of halogens is 1. The van der Waals surface area contributed by atoms with Gasteiger partial charge in [0.15, 0.2) is 0 Å². The lowest BCUT2D eigenvalue weighted by molar-refractivity contribution is 0.0690. The fraction of sp³-hybridized carbons (Fsp3) is 0.381. The highest BCUT2D eigenvalue weighted by Crippen LogP contribution is 2.18. The van der Waals surface area contributed by atoms with E-state index in [4.69, 9.17) is 4.74 Å². The highest BCUT2D eigenvalue weighted by atomic mass is 19.1. The number of benzene rings is 2. The van der Waals surface area contributed by atoms with Gasteiger partial charge in [-0.2, -0.15) is 0 Å². The van der Waals surface area contributed by atoms with Gasteiger partial charge in [0.1, 0.15) is 18.2 Å². The summed E-state index contributed by atoms with van der Waals surface area (Å²) in [6, 6.07) is 15.6. The van der Waals surface area contributed by atoms with E-state index in [9.17, 15) is 9.18 Å². The van der Waals surface area contributed by atoms with E-state index in [1.807, 2.05) is 35.2 Å². The summed E-state index contributed by atoms with van der Waals surface area (Å²) in [5.74, 6) is 0.969. The van der Waals surface area contributed by atoms with E-state index in [1.54, 1.807) is 12.1 Å². The molecule has 0 aromatic heterocycles. The third-order valence-electron chi connectivity index (χ3n) is 4.70. The lowest BCUT2D eigenvalue weighted by atomic mass is 9.96. The van der Waals surface area contributed by atoms with Crippen molar-refractivity contribution in [2.75, 3.05) is 32.8 Å². The monoisotopic (exact) mass is 356 g/mol. The highest BCUT2D eigenvalue weighted by Gasteiger charge is 2.23. The molecule has 0 saturated carbocycles. The van der Waals surface area contributed by atoms with Crippen LogP contribution in [0.4, 0.5) is 4.39 Å². The van der Waals surface area contributed by atoms with Crippen molar-refractivity contribution in [3.63, 3.8) is 0 Å². The number of carbonyl (C=O) groups excluding carboxylic acids is 1. The van der Waals surface area contributed by atoms with Crippen LogP contribution in [0.1, 0.15) is 23.2 Å². The average Bonchev–Trinajstić information content (AvgIpc) is 2.68. The molecule has 26 heavy (non-hydrogen) atoms. The number of amides is 1. The molecule has 4 nitrogen and oxygen atoms in total. The van der Waals surface area contributed by atoms with Gasteiger partial charge in [-0.05, 0) is 49.6 Å². The molecule has 3 rings (SSSR count). The van der Waals surface area contributed by atoms with Crippen LogP contribution in [-0.2, 0) is 0 Å². The number of nitrogens with one attached hydrogen (secondary N) is 1. The smallest absolute Gasteiger partial charge is 0.253 e. The van der Waals surface area contributed by atoms with E-state index >= 15 is 0 Å². The van der Waals surface area contributed by atoms with Crippen molar-refractivity contribution in [2.45, 2.75) is 12.8 Å². The maximum atomic E-state index is 13.1. The fourth-order valence-corrected chi connectivity index (χ4v) is 3.21. The van der Waals surface area contributed by atoms with Crippen LogP contribution in [0.5, 0.6) is 5.75 Å². The van der Waals surface area contributed by atoms with Gasteiger partial charge < -0.3 is 15.0 Å². The van der Waals surface area contributed by atoms with Gasteiger partial charge in [-0.1, -0.05) is 24.3 Å². The van der Waals surface area contributed by atoms with Crippen molar-refractivity contribution in [3.8, 4) is 5.75 Å². The van der Waals surface area contributed by atoms with Crippen LogP contribution in [0, 0.1) is 11.7 Å². The Morgan fingerprint density at radius 3 is 2.62 bits per heavy atom. The van der Waals surface area contributed by atoms with Gasteiger partial charge in [-0.15, -0.1) is 0 Å². The third-order valence-corrected chi connectivity index (χ3v) is 4.70. The second kappa shape index (κ2) is 9.34. The Morgan fingerprint density at radius 1 is 1.12 bits per heavy atom. The fourth-order valence-electron chi connectivity index (χ4n) is 3.21. The number of hydrogen-bond donors (Lipinski definition) is 1. The van der Waals surface area contributed by atoms with Crippen LogP contribution in [0.25, 0.3) is 0 Å². The molecule has 1 aliphatic heterocycles. The van der Waals surface area contributed by atoms with Crippen molar-refractivity contribution in [3.05, 3.63) is 66.0 Å². The molecule has 5 heteroatoms. The Hall–Kier alpha value is -2.40. The molecule has 0 bridgehead atoms. The molecule has 0 atom stereocenters. The number of ether oxygens (including phenoxy) is 1. The van der Waals surface area contributed by atoms with Crippen molar-refractivity contribution < 1.29 is 13.9 Å². The minimum Gasteiger partial charge on any atom is -0.492 e. The zero-order chi connectivity index (χ0) is 18.2. The van der Waals surface area contributed by atoms with E-state index in [2.05, 4.69) is 5.32 Å². The van der Waals surface area contributed by atoms with Crippen molar-refractivity contribution in [1.29, 1.82) is 0 Å². The summed E-state index contributed by atoms with van der Waals surface area (Å²) in [5.41, 5.74) is 0.763. The van der Waals surface area contributed by atoms with Gasteiger partial charge in [0.05, 0.1) is 0 Å². The summed E-state index contributed by atoms with van der Waals surface area (Å²) < 4.78 is 18.6.